The predicted octanol–water partition coefficient (Wildman–Crippen LogP) is 2.97. The van der Waals surface area contributed by atoms with Crippen molar-refractivity contribution in [1.82, 2.24) is 0 Å². The number of benzene rings is 1. The van der Waals surface area contributed by atoms with Gasteiger partial charge >= 0.3 is 6.18 Å². The minimum Gasteiger partial charge on any atom is -0.330 e. The highest BCUT2D eigenvalue weighted by Gasteiger charge is 2.34. The van der Waals surface area contributed by atoms with Crippen LogP contribution in [-0.4, -0.2) is 6.54 Å². The summed E-state index contributed by atoms with van der Waals surface area (Å²) in [6.45, 7) is 0.474. The third-order valence-electron chi connectivity index (χ3n) is 2.69. The van der Waals surface area contributed by atoms with Gasteiger partial charge in [0.1, 0.15) is 5.82 Å². The van der Waals surface area contributed by atoms with Gasteiger partial charge in [-0.25, -0.2) is 4.39 Å². The highest BCUT2D eigenvalue weighted by molar-refractivity contribution is 5.32. The van der Waals surface area contributed by atoms with Gasteiger partial charge in [0, 0.05) is 6.04 Å². The van der Waals surface area contributed by atoms with E-state index in [-0.39, 0.29) is 5.56 Å². The van der Waals surface area contributed by atoms with Crippen LogP contribution >= 0.6 is 0 Å². The molecule has 0 unspecified atom stereocenters. The zero-order valence-corrected chi connectivity index (χ0v) is 9.80. The molecule has 0 aliphatic rings. The van der Waals surface area contributed by atoms with Crippen molar-refractivity contribution in [3.63, 3.8) is 0 Å². The van der Waals surface area contributed by atoms with Crippen LogP contribution in [0.3, 0.4) is 0 Å². The Morgan fingerprint density at radius 3 is 2.39 bits per heavy atom. The molecule has 0 bridgehead atoms. The van der Waals surface area contributed by atoms with E-state index in [0.29, 0.717) is 31.9 Å². The van der Waals surface area contributed by atoms with Crippen LogP contribution in [0.15, 0.2) is 18.2 Å². The Bertz CT molecular complexity index is 390. The molecule has 2 nitrogen and oxygen atoms in total. The van der Waals surface area contributed by atoms with Crippen LogP contribution in [0.1, 0.15) is 36.4 Å². The second-order valence-corrected chi connectivity index (χ2v) is 4.12. The zero-order chi connectivity index (χ0) is 13.8. The Hall–Kier alpha value is -1.14. The summed E-state index contributed by atoms with van der Waals surface area (Å²) in [4.78, 5) is 0. The summed E-state index contributed by atoms with van der Waals surface area (Å²) in [7, 11) is 0. The number of hydrogen-bond donors (Lipinski definition) is 2. The van der Waals surface area contributed by atoms with Crippen molar-refractivity contribution < 1.29 is 17.6 Å². The molecule has 0 amide bonds. The van der Waals surface area contributed by atoms with Gasteiger partial charge in [0.05, 0.1) is 5.56 Å². The van der Waals surface area contributed by atoms with Crippen LogP contribution < -0.4 is 11.5 Å². The SMILES string of the molecule is NCCCC[C@@H](N)c1ccc(F)cc1C(F)(F)F. The fourth-order valence-corrected chi connectivity index (χ4v) is 1.76. The van der Waals surface area contributed by atoms with E-state index in [1.165, 1.54) is 0 Å². The van der Waals surface area contributed by atoms with Gasteiger partial charge in [-0.05, 0) is 37.1 Å². The molecule has 102 valence electrons. The molecule has 0 aromatic heterocycles. The van der Waals surface area contributed by atoms with E-state index in [1.807, 2.05) is 0 Å². The van der Waals surface area contributed by atoms with Gasteiger partial charge in [0.2, 0.25) is 0 Å². The minimum atomic E-state index is -4.59. The number of alkyl halides is 3. The molecule has 1 atom stereocenters. The number of nitrogens with two attached hydrogens (primary N) is 2. The van der Waals surface area contributed by atoms with E-state index >= 15 is 0 Å². The summed E-state index contributed by atoms with van der Waals surface area (Å²) < 4.78 is 51.1. The molecular formula is C12H16F4N2. The average molecular weight is 264 g/mol. The Balaban J connectivity index is 2.93. The van der Waals surface area contributed by atoms with Crippen molar-refractivity contribution in [2.24, 2.45) is 11.5 Å². The normalized spacial score (nSPS) is 13.7. The molecule has 1 rings (SSSR count). The molecule has 0 saturated heterocycles. The number of halogens is 4. The first-order valence-electron chi connectivity index (χ1n) is 5.68. The van der Waals surface area contributed by atoms with E-state index in [4.69, 9.17) is 11.5 Å². The first-order valence-corrected chi connectivity index (χ1v) is 5.68. The first-order chi connectivity index (χ1) is 8.36. The van der Waals surface area contributed by atoms with E-state index < -0.39 is 23.6 Å². The Morgan fingerprint density at radius 1 is 1.17 bits per heavy atom. The standard InChI is InChI=1S/C12H16F4N2/c13-8-4-5-9(10(7-8)12(14,15)16)11(18)3-1-2-6-17/h4-5,7,11H,1-3,6,17-18H2/t11-/m1/s1. The molecule has 0 spiro atoms. The maximum atomic E-state index is 12.9. The monoisotopic (exact) mass is 264 g/mol. The fourth-order valence-electron chi connectivity index (χ4n) is 1.76. The van der Waals surface area contributed by atoms with E-state index in [0.717, 1.165) is 12.1 Å². The highest BCUT2D eigenvalue weighted by atomic mass is 19.4. The van der Waals surface area contributed by atoms with E-state index in [2.05, 4.69) is 0 Å². The summed E-state index contributed by atoms with van der Waals surface area (Å²) >= 11 is 0. The predicted molar refractivity (Wildman–Crippen MR) is 61.2 cm³/mol. The largest absolute Gasteiger partial charge is 0.416 e. The molecule has 0 fully saturated rings. The molecule has 0 radical (unpaired) electrons. The van der Waals surface area contributed by atoms with Gasteiger partial charge in [-0.1, -0.05) is 12.5 Å². The van der Waals surface area contributed by atoms with Gasteiger partial charge in [-0.3, -0.25) is 0 Å². The maximum absolute atomic E-state index is 12.9. The van der Waals surface area contributed by atoms with Crippen molar-refractivity contribution >= 4 is 0 Å². The molecule has 1 aromatic carbocycles. The minimum absolute atomic E-state index is 0.0686. The number of rotatable bonds is 5. The Morgan fingerprint density at radius 2 is 1.83 bits per heavy atom. The van der Waals surface area contributed by atoms with Crippen LogP contribution in [0, 0.1) is 5.82 Å². The van der Waals surface area contributed by atoms with Crippen molar-refractivity contribution in [3.05, 3.63) is 35.1 Å². The quantitative estimate of drug-likeness (QED) is 0.634. The van der Waals surface area contributed by atoms with E-state index in [1.54, 1.807) is 0 Å². The Kier molecular flexibility index (Phi) is 5.10. The molecule has 4 N–H and O–H groups in total. The smallest absolute Gasteiger partial charge is 0.330 e. The van der Waals surface area contributed by atoms with Crippen molar-refractivity contribution in [2.75, 3.05) is 6.54 Å². The number of unbranched alkanes of at least 4 members (excludes halogenated alkanes) is 1. The van der Waals surface area contributed by atoms with Crippen LogP contribution in [0.5, 0.6) is 0 Å². The van der Waals surface area contributed by atoms with Gasteiger partial charge in [-0.2, -0.15) is 13.2 Å². The first kappa shape index (κ1) is 14.9. The zero-order valence-electron chi connectivity index (χ0n) is 9.80. The lowest BCUT2D eigenvalue weighted by molar-refractivity contribution is -0.138. The van der Waals surface area contributed by atoms with Crippen LogP contribution in [0.4, 0.5) is 17.6 Å². The molecule has 1 aromatic rings. The molecule has 0 aliphatic heterocycles. The molecule has 0 heterocycles. The van der Waals surface area contributed by atoms with E-state index in [9.17, 15) is 17.6 Å². The van der Waals surface area contributed by atoms with Gasteiger partial charge in [-0.15, -0.1) is 0 Å². The van der Waals surface area contributed by atoms with Crippen LogP contribution in [0.25, 0.3) is 0 Å². The second kappa shape index (κ2) is 6.15. The van der Waals surface area contributed by atoms with Crippen LogP contribution in [0.2, 0.25) is 0 Å². The topological polar surface area (TPSA) is 52.0 Å². The summed E-state index contributed by atoms with van der Waals surface area (Å²) in [5, 5.41) is 0. The molecule has 18 heavy (non-hydrogen) atoms. The molecular weight excluding hydrogens is 248 g/mol. The summed E-state index contributed by atoms with van der Waals surface area (Å²) in [5.41, 5.74) is 9.96. The summed E-state index contributed by atoms with van der Waals surface area (Å²) in [6.07, 6.45) is -2.85. The fraction of sp³-hybridized carbons (Fsp3) is 0.500. The summed E-state index contributed by atoms with van der Waals surface area (Å²) in [6, 6.07) is 1.82. The molecule has 0 saturated carbocycles. The third kappa shape index (κ3) is 3.96. The lowest BCUT2D eigenvalue weighted by Gasteiger charge is -2.18. The van der Waals surface area contributed by atoms with Crippen molar-refractivity contribution in [1.29, 1.82) is 0 Å². The Labute approximate surface area is 103 Å². The molecule has 6 heteroatoms. The number of hydrogen-bond acceptors (Lipinski definition) is 2. The second-order valence-electron chi connectivity index (χ2n) is 4.12. The maximum Gasteiger partial charge on any atom is 0.416 e. The third-order valence-corrected chi connectivity index (χ3v) is 2.69. The van der Waals surface area contributed by atoms with Gasteiger partial charge < -0.3 is 11.5 Å². The van der Waals surface area contributed by atoms with Gasteiger partial charge in [0.15, 0.2) is 0 Å². The lowest BCUT2D eigenvalue weighted by Crippen LogP contribution is -2.18. The highest BCUT2D eigenvalue weighted by Crippen LogP contribution is 2.35. The van der Waals surface area contributed by atoms with Gasteiger partial charge in [0.25, 0.3) is 0 Å². The van der Waals surface area contributed by atoms with Crippen LogP contribution in [-0.2, 0) is 6.18 Å². The lowest BCUT2D eigenvalue weighted by atomic mass is 9.96. The molecule has 0 aliphatic carbocycles. The van der Waals surface area contributed by atoms with Crippen molar-refractivity contribution in [3.8, 4) is 0 Å². The van der Waals surface area contributed by atoms with Crippen molar-refractivity contribution in [2.45, 2.75) is 31.5 Å². The average Bonchev–Trinajstić information content (AvgIpc) is 2.28. The summed E-state index contributed by atoms with van der Waals surface area (Å²) in [5.74, 6) is -0.916.